The fraction of sp³-hybridized carbons (Fsp3) is 0.464. The number of rotatable bonds is 5. The molecular weight excluding hydrogens is 424 g/mol. The monoisotopic (exact) mass is 460 g/mol. The molecule has 0 spiro atoms. The maximum Gasteiger partial charge on any atom is 0.254 e. The Kier molecular flexibility index (Phi) is 6.50. The summed E-state index contributed by atoms with van der Waals surface area (Å²) in [5, 5.41) is 1.25. The van der Waals surface area contributed by atoms with Gasteiger partial charge in [0.05, 0.1) is 7.11 Å². The van der Waals surface area contributed by atoms with Crippen molar-refractivity contribution in [3.8, 4) is 5.75 Å². The van der Waals surface area contributed by atoms with Crippen molar-refractivity contribution in [1.82, 2.24) is 14.8 Å². The molecule has 2 aliphatic rings. The van der Waals surface area contributed by atoms with Crippen LogP contribution in [0.4, 0.5) is 5.69 Å². The van der Waals surface area contributed by atoms with Crippen molar-refractivity contribution in [2.45, 2.75) is 38.6 Å². The second kappa shape index (κ2) is 9.71. The van der Waals surface area contributed by atoms with E-state index < -0.39 is 0 Å². The number of amides is 1. The summed E-state index contributed by atoms with van der Waals surface area (Å²) in [5.41, 5.74) is 4.50. The number of aromatic amines is 1. The van der Waals surface area contributed by atoms with Crippen molar-refractivity contribution in [2.24, 2.45) is 0 Å². The molecule has 0 saturated carbocycles. The van der Waals surface area contributed by atoms with E-state index in [0.29, 0.717) is 12.0 Å². The first-order chi connectivity index (χ1) is 16.5. The van der Waals surface area contributed by atoms with Crippen LogP contribution >= 0.6 is 0 Å². The molecule has 5 rings (SSSR count). The van der Waals surface area contributed by atoms with Gasteiger partial charge in [-0.25, -0.2) is 0 Å². The van der Waals surface area contributed by atoms with Gasteiger partial charge in [0.1, 0.15) is 5.75 Å². The van der Waals surface area contributed by atoms with Crippen molar-refractivity contribution >= 4 is 22.5 Å². The van der Waals surface area contributed by atoms with Gasteiger partial charge in [-0.15, -0.1) is 0 Å². The summed E-state index contributed by atoms with van der Waals surface area (Å²) in [7, 11) is 1.70. The maximum absolute atomic E-state index is 13.1. The summed E-state index contributed by atoms with van der Waals surface area (Å²) in [6, 6.07) is 15.1. The van der Waals surface area contributed by atoms with Gasteiger partial charge in [-0.05, 0) is 74.6 Å². The Morgan fingerprint density at radius 3 is 2.32 bits per heavy atom. The number of carbonyl (C=O) groups is 1. The van der Waals surface area contributed by atoms with Gasteiger partial charge in [-0.1, -0.05) is 6.07 Å². The van der Waals surface area contributed by atoms with E-state index in [4.69, 9.17) is 4.74 Å². The van der Waals surface area contributed by atoms with Crippen LogP contribution < -0.4 is 9.64 Å². The van der Waals surface area contributed by atoms with Gasteiger partial charge in [-0.2, -0.15) is 0 Å². The van der Waals surface area contributed by atoms with Crippen molar-refractivity contribution in [3.05, 3.63) is 59.8 Å². The number of piperazine rings is 1. The summed E-state index contributed by atoms with van der Waals surface area (Å²) in [6.07, 6.45) is 4.41. The molecule has 0 aliphatic carbocycles. The minimum absolute atomic E-state index is 0.147. The normalized spacial score (nSPS) is 18.1. The van der Waals surface area contributed by atoms with Crippen LogP contribution in [0.2, 0.25) is 0 Å². The Balaban J connectivity index is 1.24. The molecular formula is C28H36N4O2. The molecule has 1 aromatic heterocycles. The van der Waals surface area contributed by atoms with Gasteiger partial charge >= 0.3 is 0 Å². The fourth-order valence-electron chi connectivity index (χ4n) is 5.49. The Morgan fingerprint density at radius 1 is 0.971 bits per heavy atom. The number of nitrogens with zero attached hydrogens (tertiary/aromatic N) is 3. The molecule has 1 amide bonds. The fourth-order valence-corrected chi connectivity index (χ4v) is 5.49. The zero-order valence-electron chi connectivity index (χ0n) is 20.6. The Hall–Kier alpha value is -2.99. The number of anilines is 1. The zero-order valence-corrected chi connectivity index (χ0v) is 20.6. The molecule has 0 bridgehead atoms. The molecule has 2 aliphatic heterocycles. The molecule has 6 heteroatoms. The highest BCUT2D eigenvalue weighted by molar-refractivity contribution is 5.98. The van der Waals surface area contributed by atoms with Crippen LogP contribution in [-0.2, 0) is 0 Å². The average molecular weight is 461 g/mol. The zero-order chi connectivity index (χ0) is 23.7. The molecule has 1 N–H and O–H groups in total. The lowest BCUT2D eigenvalue weighted by Gasteiger charge is -2.37. The lowest BCUT2D eigenvalue weighted by atomic mass is 9.89. The molecule has 3 aromatic rings. The topological polar surface area (TPSA) is 51.8 Å². The van der Waals surface area contributed by atoms with Crippen LogP contribution in [0.1, 0.15) is 48.5 Å². The molecule has 2 aromatic carbocycles. The van der Waals surface area contributed by atoms with E-state index in [2.05, 4.69) is 53.0 Å². The summed E-state index contributed by atoms with van der Waals surface area (Å²) in [4.78, 5) is 23.5. The second-order valence-electron chi connectivity index (χ2n) is 9.89. The number of piperidine rings is 1. The number of hydrogen-bond acceptors (Lipinski definition) is 4. The van der Waals surface area contributed by atoms with Crippen molar-refractivity contribution in [2.75, 3.05) is 51.3 Å². The first-order valence-electron chi connectivity index (χ1n) is 12.6. The summed E-state index contributed by atoms with van der Waals surface area (Å²) < 4.78 is 5.29. The Bertz CT molecular complexity index is 1120. The molecule has 180 valence electrons. The number of benzene rings is 2. The quantitative estimate of drug-likeness (QED) is 0.598. The third kappa shape index (κ3) is 4.51. The predicted molar refractivity (Wildman–Crippen MR) is 138 cm³/mol. The highest BCUT2D eigenvalue weighted by Crippen LogP contribution is 2.35. The number of nitrogens with one attached hydrogen (secondary N) is 1. The van der Waals surface area contributed by atoms with Gasteiger partial charge in [0.2, 0.25) is 0 Å². The molecule has 3 heterocycles. The third-order valence-corrected chi connectivity index (χ3v) is 7.66. The number of H-pyrrole nitrogens is 1. The molecule has 6 nitrogen and oxygen atoms in total. The van der Waals surface area contributed by atoms with Crippen LogP contribution in [0, 0.1) is 0 Å². The van der Waals surface area contributed by atoms with E-state index in [9.17, 15) is 4.79 Å². The standard InChI is InChI=1S/C28H36N4O2/c1-20(2)30-14-16-32(17-15-30)28(33)22-4-9-25-26(19-29-27(25)18-22)21-10-12-31(13-11-21)23-5-7-24(34-3)8-6-23/h4-9,18-21,29H,10-17H2,1-3H3. The van der Waals surface area contributed by atoms with E-state index in [-0.39, 0.29) is 5.91 Å². The Labute approximate surface area is 202 Å². The number of methoxy groups -OCH3 is 1. The second-order valence-corrected chi connectivity index (χ2v) is 9.89. The van der Waals surface area contributed by atoms with E-state index in [1.807, 2.05) is 29.2 Å². The average Bonchev–Trinajstić information content (AvgIpc) is 3.32. The number of ether oxygens (including phenoxy) is 1. The SMILES string of the molecule is COc1ccc(N2CCC(c3c[nH]c4cc(C(=O)N5CCN(C(C)C)CC5)ccc34)CC2)cc1. The third-order valence-electron chi connectivity index (χ3n) is 7.66. The van der Waals surface area contributed by atoms with Crippen molar-refractivity contribution in [1.29, 1.82) is 0 Å². The van der Waals surface area contributed by atoms with Crippen LogP contribution in [0.25, 0.3) is 10.9 Å². The predicted octanol–water partition coefficient (Wildman–Crippen LogP) is 4.73. The summed E-state index contributed by atoms with van der Waals surface area (Å²) in [5.74, 6) is 1.58. The summed E-state index contributed by atoms with van der Waals surface area (Å²) >= 11 is 0. The van der Waals surface area contributed by atoms with Gasteiger partial charge < -0.3 is 19.5 Å². The van der Waals surface area contributed by atoms with E-state index in [0.717, 1.165) is 68.9 Å². The van der Waals surface area contributed by atoms with Crippen LogP contribution in [0.5, 0.6) is 5.75 Å². The van der Waals surface area contributed by atoms with Crippen molar-refractivity contribution < 1.29 is 9.53 Å². The van der Waals surface area contributed by atoms with Gasteiger partial charge in [-0.3, -0.25) is 9.69 Å². The number of carbonyl (C=O) groups excluding carboxylic acids is 1. The number of aromatic nitrogens is 1. The molecule has 0 unspecified atom stereocenters. The molecule has 0 atom stereocenters. The minimum atomic E-state index is 0.147. The van der Waals surface area contributed by atoms with Gasteiger partial charge in [0.25, 0.3) is 5.91 Å². The molecule has 2 saturated heterocycles. The maximum atomic E-state index is 13.1. The lowest BCUT2D eigenvalue weighted by Crippen LogP contribution is -2.50. The highest BCUT2D eigenvalue weighted by Gasteiger charge is 2.25. The largest absolute Gasteiger partial charge is 0.497 e. The van der Waals surface area contributed by atoms with Gasteiger partial charge in [0, 0.05) is 73.7 Å². The van der Waals surface area contributed by atoms with Crippen LogP contribution in [-0.4, -0.2) is 73.1 Å². The Morgan fingerprint density at radius 2 is 1.68 bits per heavy atom. The smallest absolute Gasteiger partial charge is 0.254 e. The van der Waals surface area contributed by atoms with Gasteiger partial charge in [0.15, 0.2) is 0 Å². The van der Waals surface area contributed by atoms with E-state index in [1.54, 1.807) is 7.11 Å². The number of hydrogen-bond donors (Lipinski definition) is 1. The first-order valence-corrected chi connectivity index (χ1v) is 12.6. The van der Waals surface area contributed by atoms with Crippen LogP contribution in [0.3, 0.4) is 0 Å². The van der Waals surface area contributed by atoms with Crippen molar-refractivity contribution in [3.63, 3.8) is 0 Å². The summed E-state index contributed by atoms with van der Waals surface area (Å²) in [6.45, 7) is 10.0. The molecule has 0 radical (unpaired) electrons. The van der Waals surface area contributed by atoms with E-state index >= 15 is 0 Å². The minimum Gasteiger partial charge on any atom is -0.497 e. The van der Waals surface area contributed by atoms with E-state index in [1.165, 1.54) is 16.6 Å². The van der Waals surface area contributed by atoms with Crippen LogP contribution in [0.15, 0.2) is 48.7 Å². The number of fused-ring (bicyclic) bond motifs is 1. The highest BCUT2D eigenvalue weighted by atomic mass is 16.5. The lowest BCUT2D eigenvalue weighted by molar-refractivity contribution is 0.0595. The molecule has 34 heavy (non-hydrogen) atoms. The first kappa shape index (κ1) is 22.8. The molecule has 2 fully saturated rings.